The van der Waals surface area contributed by atoms with E-state index in [-0.39, 0.29) is 5.41 Å². The van der Waals surface area contributed by atoms with Gasteiger partial charge in [-0.2, -0.15) is 0 Å². The first-order valence-corrected chi connectivity index (χ1v) is 5.40. The summed E-state index contributed by atoms with van der Waals surface area (Å²) in [7, 11) is 3.33. The lowest BCUT2D eigenvalue weighted by atomic mass is 9.87. The zero-order valence-electron chi connectivity index (χ0n) is 10.8. The van der Waals surface area contributed by atoms with Crippen LogP contribution in [-0.2, 0) is 10.2 Å². The predicted molar refractivity (Wildman–Crippen MR) is 67.2 cm³/mol. The summed E-state index contributed by atoms with van der Waals surface area (Å²) in [6.45, 7) is 7.04. The monoisotopic (exact) mass is 223 g/mol. The molecule has 3 nitrogen and oxygen atoms in total. The number of anilines is 1. The van der Waals surface area contributed by atoms with Crippen LogP contribution < -0.4 is 10.1 Å². The number of rotatable bonds is 4. The van der Waals surface area contributed by atoms with E-state index >= 15 is 0 Å². The Morgan fingerprint density at radius 2 is 1.88 bits per heavy atom. The third-order valence-corrected chi connectivity index (χ3v) is 2.47. The van der Waals surface area contributed by atoms with Crippen LogP contribution in [0.4, 0.5) is 5.69 Å². The van der Waals surface area contributed by atoms with E-state index in [9.17, 15) is 0 Å². The molecule has 0 aliphatic carbocycles. The first-order chi connectivity index (χ1) is 7.49. The molecule has 0 amide bonds. The minimum absolute atomic E-state index is 0.135. The van der Waals surface area contributed by atoms with E-state index in [0.29, 0.717) is 6.73 Å². The van der Waals surface area contributed by atoms with Gasteiger partial charge in [0, 0.05) is 7.11 Å². The van der Waals surface area contributed by atoms with Crippen LogP contribution in [0.25, 0.3) is 0 Å². The van der Waals surface area contributed by atoms with Gasteiger partial charge in [-0.15, -0.1) is 0 Å². The second-order valence-corrected chi connectivity index (χ2v) is 4.77. The molecule has 90 valence electrons. The van der Waals surface area contributed by atoms with Crippen LogP contribution in [-0.4, -0.2) is 21.0 Å². The Kier molecular flexibility index (Phi) is 4.19. The smallest absolute Gasteiger partial charge is 0.142 e. The van der Waals surface area contributed by atoms with Crippen molar-refractivity contribution in [1.82, 2.24) is 0 Å². The minimum atomic E-state index is 0.135. The van der Waals surface area contributed by atoms with Gasteiger partial charge in [0.25, 0.3) is 0 Å². The highest BCUT2D eigenvalue weighted by molar-refractivity contribution is 5.58. The lowest BCUT2D eigenvalue weighted by Gasteiger charge is -2.21. The molecular weight excluding hydrogens is 202 g/mol. The van der Waals surface area contributed by atoms with E-state index in [1.54, 1.807) is 14.2 Å². The van der Waals surface area contributed by atoms with Gasteiger partial charge in [-0.25, -0.2) is 0 Å². The molecule has 1 N–H and O–H groups in total. The molecule has 0 unspecified atom stereocenters. The maximum atomic E-state index is 5.29. The fraction of sp³-hybridized carbons (Fsp3) is 0.538. The molecule has 0 atom stereocenters. The molecule has 0 spiro atoms. The lowest BCUT2D eigenvalue weighted by molar-refractivity contribution is 0.221. The second kappa shape index (κ2) is 5.21. The van der Waals surface area contributed by atoms with Crippen LogP contribution in [0, 0.1) is 0 Å². The zero-order chi connectivity index (χ0) is 12.2. The fourth-order valence-electron chi connectivity index (χ4n) is 1.46. The van der Waals surface area contributed by atoms with Crippen LogP contribution in [0.2, 0.25) is 0 Å². The molecule has 0 saturated heterocycles. The summed E-state index contributed by atoms with van der Waals surface area (Å²) in [4.78, 5) is 0. The molecule has 0 aliphatic heterocycles. The van der Waals surface area contributed by atoms with Crippen molar-refractivity contribution >= 4 is 5.69 Å². The van der Waals surface area contributed by atoms with Crippen molar-refractivity contribution in [2.75, 3.05) is 26.3 Å². The van der Waals surface area contributed by atoms with Gasteiger partial charge in [-0.05, 0) is 23.1 Å². The normalized spacial score (nSPS) is 11.3. The van der Waals surface area contributed by atoms with Gasteiger partial charge in [0.05, 0.1) is 12.8 Å². The lowest BCUT2D eigenvalue weighted by Crippen LogP contribution is -2.12. The number of ether oxygens (including phenoxy) is 2. The molecule has 1 rings (SSSR count). The number of methoxy groups -OCH3 is 2. The molecule has 0 fully saturated rings. The molecule has 0 saturated carbocycles. The predicted octanol–water partition coefficient (Wildman–Crippen LogP) is 3.01. The topological polar surface area (TPSA) is 30.5 Å². The van der Waals surface area contributed by atoms with Crippen molar-refractivity contribution in [3.8, 4) is 5.75 Å². The maximum Gasteiger partial charge on any atom is 0.142 e. The Bertz CT molecular complexity index is 342. The maximum absolute atomic E-state index is 5.29. The Morgan fingerprint density at radius 1 is 1.19 bits per heavy atom. The standard InChI is InChI=1S/C13H21NO2/c1-13(2,3)10-6-7-12(16-5)11(8-10)14-9-15-4/h6-8,14H,9H2,1-5H3. The highest BCUT2D eigenvalue weighted by Crippen LogP contribution is 2.31. The summed E-state index contributed by atoms with van der Waals surface area (Å²) in [5.74, 6) is 0.838. The third kappa shape index (κ3) is 3.14. The average molecular weight is 223 g/mol. The summed E-state index contributed by atoms with van der Waals surface area (Å²) in [5.41, 5.74) is 2.37. The molecule has 1 aromatic rings. The van der Waals surface area contributed by atoms with Gasteiger partial charge >= 0.3 is 0 Å². The number of nitrogens with one attached hydrogen (secondary N) is 1. The van der Waals surface area contributed by atoms with Crippen molar-refractivity contribution in [3.05, 3.63) is 23.8 Å². The minimum Gasteiger partial charge on any atom is -0.495 e. The molecule has 0 heterocycles. The quantitative estimate of drug-likeness (QED) is 0.796. The van der Waals surface area contributed by atoms with Gasteiger partial charge in [-0.3, -0.25) is 0 Å². The summed E-state index contributed by atoms with van der Waals surface area (Å²) < 4.78 is 10.3. The largest absolute Gasteiger partial charge is 0.495 e. The summed E-state index contributed by atoms with van der Waals surface area (Å²) in [6, 6.07) is 6.19. The van der Waals surface area contributed by atoms with E-state index in [4.69, 9.17) is 9.47 Å². The molecule has 1 aromatic carbocycles. The summed E-state index contributed by atoms with van der Waals surface area (Å²) >= 11 is 0. The average Bonchev–Trinajstić information content (AvgIpc) is 2.24. The van der Waals surface area contributed by atoms with Gasteiger partial charge in [-0.1, -0.05) is 26.8 Å². The Morgan fingerprint density at radius 3 is 2.38 bits per heavy atom. The highest BCUT2D eigenvalue weighted by atomic mass is 16.5. The van der Waals surface area contributed by atoms with E-state index in [2.05, 4.69) is 38.2 Å². The van der Waals surface area contributed by atoms with Gasteiger partial charge in [0.15, 0.2) is 0 Å². The van der Waals surface area contributed by atoms with E-state index in [1.165, 1.54) is 5.56 Å². The molecule has 0 radical (unpaired) electrons. The SMILES string of the molecule is COCNc1cc(C(C)(C)C)ccc1OC. The molecule has 16 heavy (non-hydrogen) atoms. The molecule has 0 aliphatic rings. The molecular formula is C13H21NO2. The molecule has 0 aromatic heterocycles. The molecule has 3 heteroatoms. The van der Waals surface area contributed by atoms with Crippen molar-refractivity contribution < 1.29 is 9.47 Å². The zero-order valence-corrected chi connectivity index (χ0v) is 10.8. The summed E-state index contributed by atoms with van der Waals surface area (Å²) in [5, 5.41) is 3.18. The van der Waals surface area contributed by atoms with Crippen molar-refractivity contribution in [2.45, 2.75) is 26.2 Å². The van der Waals surface area contributed by atoms with Crippen LogP contribution in [0.1, 0.15) is 26.3 Å². The Hall–Kier alpha value is -1.22. The highest BCUT2D eigenvalue weighted by Gasteiger charge is 2.15. The first-order valence-electron chi connectivity index (χ1n) is 5.40. The van der Waals surface area contributed by atoms with E-state index < -0.39 is 0 Å². The van der Waals surface area contributed by atoms with Crippen LogP contribution >= 0.6 is 0 Å². The van der Waals surface area contributed by atoms with Gasteiger partial charge in [0.1, 0.15) is 12.5 Å². The van der Waals surface area contributed by atoms with Crippen LogP contribution in [0.3, 0.4) is 0 Å². The van der Waals surface area contributed by atoms with Crippen molar-refractivity contribution in [1.29, 1.82) is 0 Å². The number of hydrogen-bond acceptors (Lipinski definition) is 3. The van der Waals surface area contributed by atoms with Gasteiger partial charge in [0.2, 0.25) is 0 Å². The van der Waals surface area contributed by atoms with Crippen molar-refractivity contribution in [2.24, 2.45) is 0 Å². The second-order valence-electron chi connectivity index (χ2n) is 4.77. The van der Waals surface area contributed by atoms with Crippen LogP contribution in [0.5, 0.6) is 5.75 Å². The Balaban J connectivity index is 3.01. The molecule has 0 bridgehead atoms. The summed E-state index contributed by atoms with van der Waals surface area (Å²) in [6.07, 6.45) is 0. The van der Waals surface area contributed by atoms with E-state index in [1.807, 2.05) is 6.07 Å². The van der Waals surface area contributed by atoms with Crippen LogP contribution in [0.15, 0.2) is 18.2 Å². The Labute approximate surface area is 97.8 Å². The number of benzene rings is 1. The van der Waals surface area contributed by atoms with Gasteiger partial charge < -0.3 is 14.8 Å². The van der Waals surface area contributed by atoms with E-state index in [0.717, 1.165) is 11.4 Å². The fourth-order valence-corrected chi connectivity index (χ4v) is 1.46. The third-order valence-electron chi connectivity index (χ3n) is 2.47. The first kappa shape index (κ1) is 12.8. The van der Waals surface area contributed by atoms with Crippen molar-refractivity contribution in [3.63, 3.8) is 0 Å². The number of hydrogen-bond donors (Lipinski definition) is 1.